The second kappa shape index (κ2) is 7.34. The topological polar surface area (TPSA) is 62.7 Å². The molecular weight excluding hydrogens is 318 g/mol. The van der Waals surface area contributed by atoms with Gasteiger partial charge >= 0.3 is 0 Å². The number of ether oxygens (including phenoxy) is 1. The molecule has 0 spiro atoms. The number of amides is 2. The number of nitrogens with zero attached hydrogens (tertiary/aromatic N) is 3. The second-order valence-corrected chi connectivity index (χ2v) is 6.19. The van der Waals surface area contributed by atoms with Crippen molar-refractivity contribution in [3.05, 3.63) is 59.9 Å². The van der Waals surface area contributed by atoms with Gasteiger partial charge < -0.3 is 14.5 Å². The van der Waals surface area contributed by atoms with Crippen molar-refractivity contribution < 1.29 is 14.3 Å². The first-order valence-electron chi connectivity index (χ1n) is 8.22. The molecule has 6 nitrogen and oxygen atoms in total. The number of pyridine rings is 1. The lowest BCUT2D eigenvalue weighted by Gasteiger charge is -2.37. The standard InChI is InChI=1S/C19H21N3O3/c1-14-11-22(12-18(23)21(14)2)19(24)17-9-8-16(10-20-17)25-13-15-6-4-3-5-7-15/h3-10,14H,11-13H2,1-2H3. The van der Waals surface area contributed by atoms with E-state index in [1.54, 1.807) is 29.0 Å². The Hall–Kier alpha value is -2.89. The Bertz CT molecular complexity index is 746. The predicted octanol–water partition coefficient (Wildman–Crippen LogP) is 1.96. The van der Waals surface area contributed by atoms with Crippen molar-refractivity contribution in [2.24, 2.45) is 0 Å². The molecule has 1 aliphatic heterocycles. The lowest BCUT2D eigenvalue weighted by atomic mass is 10.2. The minimum Gasteiger partial charge on any atom is -0.487 e. The molecule has 1 aromatic carbocycles. The first-order chi connectivity index (χ1) is 12.0. The van der Waals surface area contributed by atoms with Gasteiger partial charge in [0, 0.05) is 19.6 Å². The van der Waals surface area contributed by atoms with E-state index < -0.39 is 0 Å². The van der Waals surface area contributed by atoms with Crippen LogP contribution in [0.25, 0.3) is 0 Å². The predicted molar refractivity (Wildman–Crippen MR) is 93.1 cm³/mol. The SMILES string of the molecule is CC1CN(C(=O)c2ccc(OCc3ccccc3)cn2)CC(=O)N1C. The van der Waals surface area contributed by atoms with E-state index in [1.807, 2.05) is 37.3 Å². The Morgan fingerprint density at radius 3 is 2.64 bits per heavy atom. The van der Waals surface area contributed by atoms with Crippen LogP contribution in [0.4, 0.5) is 0 Å². The highest BCUT2D eigenvalue weighted by Gasteiger charge is 2.30. The number of carbonyl (C=O) groups is 2. The van der Waals surface area contributed by atoms with E-state index in [-0.39, 0.29) is 24.4 Å². The number of rotatable bonds is 4. The van der Waals surface area contributed by atoms with Crippen molar-refractivity contribution >= 4 is 11.8 Å². The summed E-state index contributed by atoms with van der Waals surface area (Å²) in [7, 11) is 1.76. The third-order valence-corrected chi connectivity index (χ3v) is 4.36. The molecule has 1 atom stereocenters. The Labute approximate surface area is 147 Å². The van der Waals surface area contributed by atoms with Gasteiger partial charge in [0.1, 0.15) is 24.6 Å². The summed E-state index contributed by atoms with van der Waals surface area (Å²) >= 11 is 0. The molecule has 1 aromatic heterocycles. The summed E-state index contributed by atoms with van der Waals surface area (Å²) in [5.41, 5.74) is 1.38. The van der Waals surface area contributed by atoms with Gasteiger partial charge in [-0.25, -0.2) is 4.98 Å². The summed E-state index contributed by atoms with van der Waals surface area (Å²) in [4.78, 5) is 31.9. The minimum absolute atomic E-state index is 0.00122. The van der Waals surface area contributed by atoms with Crippen molar-refractivity contribution in [2.45, 2.75) is 19.6 Å². The van der Waals surface area contributed by atoms with Gasteiger partial charge in [-0.05, 0) is 24.6 Å². The van der Waals surface area contributed by atoms with Crippen molar-refractivity contribution in [3.8, 4) is 5.75 Å². The van der Waals surface area contributed by atoms with Crippen LogP contribution < -0.4 is 4.74 Å². The number of benzene rings is 1. The number of piperazine rings is 1. The summed E-state index contributed by atoms with van der Waals surface area (Å²) in [5.74, 6) is 0.307. The Morgan fingerprint density at radius 2 is 2.00 bits per heavy atom. The number of hydrogen-bond acceptors (Lipinski definition) is 4. The molecule has 2 heterocycles. The molecule has 1 fully saturated rings. The van der Waals surface area contributed by atoms with Crippen molar-refractivity contribution in [1.29, 1.82) is 0 Å². The molecule has 2 amide bonds. The zero-order valence-corrected chi connectivity index (χ0v) is 14.4. The second-order valence-electron chi connectivity index (χ2n) is 6.19. The number of aromatic nitrogens is 1. The molecule has 3 rings (SSSR count). The quantitative estimate of drug-likeness (QED) is 0.854. The van der Waals surface area contributed by atoms with E-state index in [0.29, 0.717) is 24.6 Å². The Balaban J connectivity index is 1.62. The lowest BCUT2D eigenvalue weighted by Crippen LogP contribution is -2.55. The molecule has 0 N–H and O–H groups in total. The first-order valence-corrected chi connectivity index (χ1v) is 8.22. The van der Waals surface area contributed by atoms with Gasteiger partial charge in [0.15, 0.2) is 0 Å². The third kappa shape index (κ3) is 3.96. The van der Waals surface area contributed by atoms with Crippen LogP contribution in [0.1, 0.15) is 23.0 Å². The average molecular weight is 339 g/mol. The maximum absolute atomic E-state index is 12.5. The lowest BCUT2D eigenvalue weighted by molar-refractivity contribution is -0.136. The van der Waals surface area contributed by atoms with Crippen molar-refractivity contribution in [2.75, 3.05) is 20.1 Å². The van der Waals surface area contributed by atoms with E-state index in [1.165, 1.54) is 6.20 Å². The van der Waals surface area contributed by atoms with E-state index in [4.69, 9.17) is 4.74 Å². The molecular formula is C19H21N3O3. The third-order valence-electron chi connectivity index (χ3n) is 4.36. The van der Waals surface area contributed by atoms with Crippen LogP contribution in [-0.2, 0) is 11.4 Å². The number of likely N-dealkylation sites (N-methyl/N-ethyl adjacent to an activating group) is 1. The van der Waals surface area contributed by atoms with Crippen LogP contribution >= 0.6 is 0 Å². The summed E-state index contributed by atoms with van der Waals surface area (Å²) in [6.45, 7) is 2.97. The summed E-state index contributed by atoms with van der Waals surface area (Å²) in [5, 5.41) is 0. The molecule has 130 valence electrons. The fourth-order valence-corrected chi connectivity index (χ4v) is 2.68. The molecule has 1 aliphatic rings. The van der Waals surface area contributed by atoms with E-state index in [2.05, 4.69) is 4.98 Å². The molecule has 2 aromatic rings. The van der Waals surface area contributed by atoms with Crippen LogP contribution in [0.2, 0.25) is 0 Å². The molecule has 1 saturated heterocycles. The van der Waals surface area contributed by atoms with E-state index in [0.717, 1.165) is 5.56 Å². The van der Waals surface area contributed by atoms with Crippen molar-refractivity contribution in [3.63, 3.8) is 0 Å². The van der Waals surface area contributed by atoms with Gasteiger partial charge in [0.25, 0.3) is 5.91 Å². The molecule has 25 heavy (non-hydrogen) atoms. The summed E-state index contributed by atoms with van der Waals surface area (Å²) in [6.07, 6.45) is 1.54. The molecule has 0 bridgehead atoms. The minimum atomic E-state index is -0.233. The monoisotopic (exact) mass is 339 g/mol. The van der Waals surface area contributed by atoms with Crippen LogP contribution in [0.5, 0.6) is 5.75 Å². The highest BCUT2D eigenvalue weighted by atomic mass is 16.5. The van der Waals surface area contributed by atoms with Gasteiger partial charge in [-0.3, -0.25) is 9.59 Å². The molecule has 0 saturated carbocycles. The molecule has 0 radical (unpaired) electrons. The number of carbonyl (C=O) groups excluding carboxylic acids is 2. The fourth-order valence-electron chi connectivity index (χ4n) is 2.68. The van der Waals surface area contributed by atoms with E-state index in [9.17, 15) is 9.59 Å². The van der Waals surface area contributed by atoms with E-state index >= 15 is 0 Å². The van der Waals surface area contributed by atoms with Gasteiger partial charge in [0.05, 0.1) is 6.20 Å². The maximum atomic E-state index is 12.5. The zero-order chi connectivity index (χ0) is 17.8. The average Bonchev–Trinajstić information content (AvgIpc) is 2.64. The Morgan fingerprint density at radius 1 is 1.24 bits per heavy atom. The van der Waals surface area contributed by atoms with Crippen LogP contribution in [-0.4, -0.2) is 52.8 Å². The highest BCUT2D eigenvalue weighted by molar-refractivity contribution is 5.95. The van der Waals surface area contributed by atoms with Gasteiger partial charge in [-0.15, -0.1) is 0 Å². The Kier molecular flexibility index (Phi) is 4.97. The number of hydrogen-bond donors (Lipinski definition) is 0. The van der Waals surface area contributed by atoms with Crippen LogP contribution in [0, 0.1) is 0 Å². The smallest absolute Gasteiger partial charge is 0.272 e. The molecule has 6 heteroatoms. The largest absolute Gasteiger partial charge is 0.487 e. The molecule has 1 unspecified atom stereocenters. The summed E-state index contributed by atoms with van der Waals surface area (Å²) in [6, 6.07) is 13.2. The first kappa shape index (κ1) is 17.0. The maximum Gasteiger partial charge on any atom is 0.272 e. The summed E-state index contributed by atoms with van der Waals surface area (Å²) < 4.78 is 5.67. The zero-order valence-electron chi connectivity index (χ0n) is 14.4. The van der Waals surface area contributed by atoms with Gasteiger partial charge in [-0.1, -0.05) is 30.3 Å². The van der Waals surface area contributed by atoms with Gasteiger partial charge in [-0.2, -0.15) is 0 Å². The fraction of sp³-hybridized carbons (Fsp3) is 0.316. The van der Waals surface area contributed by atoms with Crippen LogP contribution in [0.3, 0.4) is 0 Å². The van der Waals surface area contributed by atoms with Crippen molar-refractivity contribution in [1.82, 2.24) is 14.8 Å². The highest BCUT2D eigenvalue weighted by Crippen LogP contribution is 2.15. The normalized spacial score (nSPS) is 17.5. The van der Waals surface area contributed by atoms with Crippen LogP contribution in [0.15, 0.2) is 48.7 Å². The van der Waals surface area contributed by atoms with Gasteiger partial charge in [0.2, 0.25) is 5.91 Å². The molecule has 0 aliphatic carbocycles.